The van der Waals surface area contributed by atoms with Crippen molar-refractivity contribution in [1.29, 1.82) is 0 Å². The Morgan fingerprint density at radius 2 is 1.78 bits per heavy atom. The largest absolute Gasteiger partial charge is 0.490 e. The van der Waals surface area contributed by atoms with Crippen molar-refractivity contribution in [3.8, 4) is 11.5 Å². The van der Waals surface area contributed by atoms with Crippen LogP contribution in [0.1, 0.15) is 50.2 Å². The highest BCUT2D eigenvalue weighted by atomic mass is 35.5. The second kappa shape index (κ2) is 12.1. The molecule has 0 atom stereocenters. The number of nitrogens with zero attached hydrogens (tertiary/aromatic N) is 1. The molecule has 0 aliphatic heterocycles. The van der Waals surface area contributed by atoms with E-state index in [9.17, 15) is 9.59 Å². The normalized spacial score (nSPS) is 14.2. The lowest BCUT2D eigenvalue weighted by atomic mass is 9.95. The molecule has 0 radical (unpaired) electrons. The Bertz CT molecular complexity index is 941. The van der Waals surface area contributed by atoms with Crippen molar-refractivity contribution in [3.05, 3.63) is 58.6 Å². The van der Waals surface area contributed by atoms with Gasteiger partial charge in [0, 0.05) is 11.1 Å². The molecular formula is C24H28ClN3O4. The molecule has 1 aliphatic carbocycles. The zero-order valence-corrected chi connectivity index (χ0v) is 18.9. The molecule has 8 heteroatoms. The molecule has 1 fully saturated rings. The quantitative estimate of drug-likeness (QED) is 0.353. The monoisotopic (exact) mass is 457 g/mol. The Balaban J connectivity index is 1.55. The highest BCUT2D eigenvalue weighted by Gasteiger charge is 2.20. The molecule has 0 bridgehead atoms. The van der Waals surface area contributed by atoms with Gasteiger partial charge in [-0.3, -0.25) is 9.59 Å². The summed E-state index contributed by atoms with van der Waals surface area (Å²) >= 11 is 5.91. The second-order valence-corrected chi connectivity index (χ2v) is 8.00. The molecule has 1 aliphatic rings. The van der Waals surface area contributed by atoms with Crippen LogP contribution >= 0.6 is 11.6 Å². The molecule has 2 amide bonds. The van der Waals surface area contributed by atoms with Crippen LogP contribution in [0, 0.1) is 0 Å². The molecule has 0 heterocycles. The number of benzene rings is 2. The zero-order valence-electron chi connectivity index (χ0n) is 18.1. The molecule has 2 N–H and O–H groups in total. The van der Waals surface area contributed by atoms with Crippen LogP contribution < -0.4 is 20.2 Å². The lowest BCUT2D eigenvalue weighted by Crippen LogP contribution is -2.44. The maximum Gasteiger partial charge on any atom is 0.329 e. The molecule has 170 valence electrons. The maximum atomic E-state index is 12.0. The fraction of sp³-hybridized carbons (Fsp3) is 0.375. The van der Waals surface area contributed by atoms with E-state index in [0.717, 1.165) is 31.2 Å². The number of hydrogen-bond acceptors (Lipinski definition) is 5. The van der Waals surface area contributed by atoms with E-state index in [1.165, 1.54) is 12.6 Å². The summed E-state index contributed by atoms with van der Waals surface area (Å²) in [6, 6.07) is 12.8. The predicted molar refractivity (Wildman–Crippen MR) is 124 cm³/mol. The Hall–Kier alpha value is -3.06. The van der Waals surface area contributed by atoms with Crippen LogP contribution in [-0.4, -0.2) is 30.7 Å². The van der Waals surface area contributed by atoms with E-state index in [2.05, 4.69) is 15.8 Å². The van der Waals surface area contributed by atoms with Gasteiger partial charge in [0.2, 0.25) is 0 Å². The summed E-state index contributed by atoms with van der Waals surface area (Å²) in [4.78, 5) is 24.0. The van der Waals surface area contributed by atoms with Crippen LogP contribution in [0.15, 0.2) is 47.6 Å². The molecule has 0 saturated heterocycles. The summed E-state index contributed by atoms with van der Waals surface area (Å²) in [6.45, 7) is 2.72. The van der Waals surface area contributed by atoms with Crippen molar-refractivity contribution >= 4 is 29.6 Å². The number of carbonyl (C=O) groups excluding carboxylic acids is 2. The van der Waals surface area contributed by atoms with Gasteiger partial charge >= 0.3 is 11.8 Å². The van der Waals surface area contributed by atoms with Gasteiger partial charge in [0.05, 0.1) is 12.8 Å². The van der Waals surface area contributed by atoms with Crippen LogP contribution in [0.3, 0.4) is 0 Å². The molecule has 1 saturated carbocycles. The fourth-order valence-corrected chi connectivity index (χ4v) is 3.57. The van der Waals surface area contributed by atoms with Gasteiger partial charge in [-0.1, -0.05) is 43.0 Å². The zero-order chi connectivity index (χ0) is 22.8. The first-order valence-corrected chi connectivity index (χ1v) is 11.2. The summed E-state index contributed by atoms with van der Waals surface area (Å²) in [5, 5.41) is 7.33. The third-order valence-electron chi connectivity index (χ3n) is 5.10. The van der Waals surface area contributed by atoms with Gasteiger partial charge in [0.25, 0.3) is 0 Å². The highest BCUT2D eigenvalue weighted by Crippen LogP contribution is 2.29. The first-order valence-electron chi connectivity index (χ1n) is 10.8. The van der Waals surface area contributed by atoms with Crippen LogP contribution in [0.2, 0.25) is 5.02 Å². The fourth-order valence-electron chi connectivity index (χ4n) is 3.45. The van der Waals surface area contributed by atoms with Crippen molar-refractivity contribution in [2.45, 2.75) is 51.7 Å². The summed E-state index contributed by atoms with van der Waals surface area (Å²) in [7, 11) is 0. The van der Waals surface area contributed by atoms with Crippen molar-refractivity contribution in [3.63, 3.8) is 0 Å². The first-order chi connectivity index (χ1) is 15.5. The highest BCUT2D eigenvalue weighted by molar-refractivity contribution is 6.35. The number of hydrogen-bond donors (Lipinski definition) is 2. The lowest BCUT2D eigenvalue weighted by molar-refractivity contribution is -0.139. The van der Waals surface area contributed by atoms with Crippen LogP contribution in [0.5, 0.6) is 11.5 Å². The van der Waals surface area contributed by atoms with E-state index in [-0.39, 0.29) is 6.04 Å². The number of hydrazone groups is 1. The molecule has 2 aromatic rings. The van der Waals surface area contributed by atoms with Gasteiger partial charge in [0.1, 0.15) is 6.61 Å². The van der Waals surface area contributed by atoms with Gasteiger partial charge in [-0.15, -0.1) is 0 Å². The van der Waals surface area contributed by atoms with Crippen molar-refractivity contribution in [2.75, 3.05) is 6.61 Å². The molecule has 7 nitrogen and oxygen atoms in total. The minimum Gasteiger partial charge on any atom is -0.490 e. The van der Waals surface area contributed by atoms with Crippen molar-refractivity contribution in [1.82, 2.24) is 10.7 Å². The average molecular weight is 458 g/mol. The SMILES string of the molecule is CCOc1cc(/C=N/NC(=O)C(=O)NC2CCCCC2)ccc1OCc1ccc(Cl)cc1. The summed E-state index contributed by atoms with van der Waals surface area (Å²) in [6.07, 6.45) is 6.61. The Morgan fingerprint density at radius 3 is 2.50 bits per heavy atom. The molecule has 32 heavy (non-hydrogen) atoms. The molecule has 0 spiro atoms. The van der Waals surface area contributed by atoms with E-state index in [1.807, 2.05) is 31.2 Å². The smallest absolute Gasteiger partial charge is 0.329 e. The van der Waals surface area contributed by atoms with Gasteiger partial charge in [-0.2, -0.15) is 5.10 Å². The van der Waals surface area contributed by atoms with Crippen molar-refractivity contribution < 1.29 is 19.1 Å². The summed E-state index contributed by atoms with van der Waals surface area (Å²) < 4.78 is 11.6. The number of carbonyl (C=O) groups is 2. The maximum absolute atomic E-state index is 12.0. The Labute approximate surface area is 193 Å². The molecular weight excluding hydrogens is 430 g/mol. The van der Waals surface area contributed by atoms with Gasteiger partial charge in [-0.05, 0) is 61.2 Å². The number of nitrogens with one attached hydrogen (secondary N) is 2. The van der Waals surface area contributed by atoms with Gasteiger partial charge in [-0.25, -0.2) is 5.43 Å². The van der Waals surface area contributed by atoms with E-state index < -0.39 is 11.8 Å². The van der Waals surface area contributed by atoms with Gasteiger partial charge in [0.15, 0.2) is 11.5 Å². The van der Waals surface area contributed by atoms with Crippen molar-refractivity contribution in [2.24, 2.45) is 5.10 Å². The Kier molecular flexibility index (Phi) is 8.92. The third-order valence-corrected chi connectivity index (χ3v) is 5.35. The third kappa shape index (κ3) is 7.27. The standard InChI is InChI=1S/C24H28ClN3O4/c1-2-31-22-14-18(10-13-21(22)32-16-17-8-11-19(25)12-9-17)15-26-28-24(30)23(29)27-20-6-4-3-5-7-20/h8-15,20H,2-7,16H2,1H3,(H,27,29)(H,28,30)/b26-15+. The minimum absolute atomic E-state index is 0.0696. The molecule has 2 aromatic carbocycles. The van der Waals surface area contributed by atoms with Crippen LogP contribution in [0.4, 0.5) is 0 Å². The molecule has 0 aromatic heterocycles. The summed E-state index contributed by atoms with van der Waals surface area (Å²) in [5.41, 5.74) is 3.95. The number of amides is 2. The number of rotatable bonds is 8. The van der Waals surface area contributed by atoms with E-state index in [0.29, 0.717) is 35.3 Å². The summed E-state index contributed by atoms with van der Waals surface area (Å²) in [5.74, 6) is -0.281. The second-order valence-electron chi connectivity index (χ2n) is 7.56. The average Bonchev–Trinajstić information content (AvgIpc) is 2.80. The topological polar surface area (TPSA) is 89.0 Å². The lowest BCUT2D eigenvalue weighted by Gasteiger charge is -2.22. The molecule has 3 rings (SSSR count). The Morgan fingerprint density at radius 1 is 1.03 bits per heavy atom. The first kappa shape index (κ1) is 23.6. The predicted octanol–water partition coefficient (Wildman–Crippen LogP) is 4.22. The minimum atomic E-state index is -0.778. The van der Waals surface area contributed by atoms with Crippen LogP contribution in [0.25, 0.3) is 0 Å². The number of ether oxygens (including phenoxy) is 2. The van der Waals surface area contributed by atoms with E-state index in [1.54, 1.807) is 18.2 Å². The van der Waals surface area contributed by atoms with Crippen LogP contribution in [-0.2, 0) is 16.2 Å². The number of halogens is 1. The van der Waals surface area contributed by atoms with E-state index >= 15 is 0 Å². The molecule has 0 unspecified atom stereocenters. The van der Waals surface area contributed by atoms with E-state index in [4.69, 9.17) is 21.1 Å². The van der Waals surface area contributed by atoms with Gasteiger partial charge < -0.3 is 14.8 Å².